The summed E-state index contributed by atoms with van der Waals surface area (Å²) in [7, 11) is 1.59. The molecule has 0 aliphatic carbocycles. The highest BCUT2D eigenvalue weighted by atomic mass is 16.5. The van der Waals surface area contributed by atoms with E-state index >= 15 is 0 Å². The highest BCUT2D eigenvalue weighted by molar-refractivity contribution is 5.91. The lowest BCUT2D eigenvalue weighted by molar-refractivity contribution is -0.116. The molecule has 0 fully saturated rings. The number of carbonyl (C=O) groups is 2. The zero-order valence-electron chi connectivity index (χ0n) is 12.7. The van der Waals surface area contributed by atoms with E-state index in [0.29, 0.717) is 0 Å². The number of ether oxygens (including phenoxy) is 1. The molecule has 0 unspecified atom stereocenters. The Morgan fingerprint density at radius 1 is 1.17 bits per heavy atom. The second kappa shape index (κ2) is 7.79. The van der Waals surface area contributed by atoms with Crippen LogP contribution in [0.2, 0.25) is 0 Å². The minimum atomic E-state index is -0.988. The number of carbonyl (C=O) groups excluding carboxylic acids is 1. The molecule has 1 amide bonds. The second-order valence-corrected chi connectivity index (χ2v) is 4.83. The SMILES string of the molecule is COc1ccc(/C=C/C(=O)NCc2cccc(C(=O)O)c2)cc1. The first kappa shape index (κ1) is 16.3. The van der Waals surface area contributed by atoms with Gasteiger partial charge in [0.25, 0.3) is 0 Å². The average Bonchev–Trinajstić information content (AvgIpc) is 2.58. The number of methoxy groups -OCH3 is 1. The first-order valence-corrected chi connectivity index (χ1v) is 7.00. The van der Waals surface area contributed by atoms with Gasteiger partial charge < -0.3 is 15.2 Å². The molecule has 0 saturated carbocycles. The molecule has 2 rings (SSSR count). The molecule has 0 atom stereocenters. The normalized spacial score (nSPS) is 10.5. The summed E-state index contributed by atoms with van der Waals surface area (Å²) in [6, 6.07) is 13.8. The molecule has 5 nitrogen and oxygen atoms in total. The molecule has 0 heterocycles. The predicted molar refractivity (Wildman–Crippen MR) is 87.3 cm³/mol. The van der Waals surface area contributed by atoms with Gasteiger partial charge in [-0.05, 0) is 41.5 Å². The van der Waals surface area contributed by atoms with Gasteiger partial charge >= 0.3 is 5.97 Å². The van der Waals surface area contributed by atoms with Gasteiger partial charge in [-0.25, -0.2) is 4.79 Å². The first-order valence-electron chi connectivity index (χ1n) is 7.00. The number of aromatic carboxylic acids is 1. The van der Waals surface area contributed by atoms with Crippen LogP contribution in [0.1, 0.15) is 21.5 Å². The average molecular weight is 311 g/mol. The van der Waals surface area contributed by atoms with E-state index in [1.54, 1.807) is 25.3 Å². The third-order valence-electron chi connectivity index (χ3n) is 3.18. The summed E-state index contributed by atoms with van der Waals surface area (Å²) < 4.78 is 5.06. The van der Waals surface area contributed by atoms with Gasteiger partial charge in [0.05, 0.1) is 12.7 Å². The molecule has 2 aromatic carbocycles. The fourth-order valence-corrected chi connectivity index (χ4v) is 1.95. The maximum absolute atomic E-state index is 11.8. The molecule has 0 aliphatic heterocycles. The number of carboxylic acid groups (broad SMARTS) is 1. The third kappa shape index (κ3) is 5.00. The van der Waals surface area contributed by atoms with Crippen LogP contribution < -0.4 is 10.1 Å². The van der Waals surface area contributed by atoms with Gasteiger partial charge in [0.1, 0.15) is 5.75 Å². The van der Waals surface area contributed by atoms with E-state index in [1.165, 1.54) is 18.2 Å². The molecule has 23 heavy (non-hydrogen) atoms. The lowest BCUT2D eigenvalue weighted by Crippen LogP contribution is -2.20. The number of carboxylic acids is 1. The summed E-state index contributed by atoms with van der Waals surface area (Å²) in [5.74, 6) is -0.482. The zero-order chi connectivity index (χ0) is 16.7. The van der Waals surface area contributed by atoms with Crippen LogP contribution in [0, 0.1) is 0 Å². The van der Waals surface area contributed by atoms with E-state index in [-0.39, 0.29) is 18.0 Å². The van der Waals surface area contributed by atoms with Gasteiger partial charge in [-0.3, -0.25) is 4.79 Å². The van der Waals surface area contributed by atoms with Gasteiger partial charge in [0, 0.05) is 12.6 Å². The Morgan fingerprint density at radius 3 is 2.57 bits per heavy atom. The number of hydrogen-bond acceptors (Lipinski definition) is 3. The summed E-state index contributed by atoms with van der Waals surface area (Å²) in [6.07, 6.45) is 3.13. The Kier molecular flexibility index (Phi) is 5.52. The van der Waals surface area contributed by atoms with Crippen molar-refractivity contribution in [3.05, 3.63) is 71.3 Å². The standard InChI is InChI=1S/C18H17NO4/c1-23-16-8-5-13(6-9-16)7-10-17(20)19-12-14-3-2-4-15(11-14)18(21)22/h2-11H,12H2,1H3,(H,19,20)(H,21,22)/b10-7+. The first-order chi connectivity index (χ1) is 11.1. The maximum atomic E-state index is 11.8. The van der Waals surface area contributed by atoms with Gasteiger partial charge in [-0.1, -0.05) is 24.3 Å². The molecule has 0 radical (unpaired) electrons. The molecule has 0 saturated heterocycles. The quantitative estimate of drug-likeness (QED) is 0.804. The van der Waals surface area contributed by atoms with Gasteiger partial charge in [0.2, 0.25) is 5.91 Å². The lowest BCUT2D eigenvalue weighted by atomic mass is 10.1. The van der Waals surface area contributed by atoms with Gasteiger partial charge in [-0.2, -0.15) is 0 Å². The van der Waals surface area contributed by atoms with Crippen LogP contribution in [0.3, 0.4) is 0 Å². The highest BCUT2D eigenvalue weighted by Crippen LogP contribution is 2.12. The molecule has 5 heteroatoms. The predicted octanol–water partition coefficient (Wildman–Crippen LogP) is 2.72. The van der Waals surface area contributed by atoms with E-state index in [0.717, 1.165) is 16.9 Å². The van der Waals surface area contributed by atoms with Crippen molar-refractivity contribution in [2.24, 2.45) is 0 Å². The molecular formula is C18H17NO4. The van der Waals surface area contributed by atoms with Crippen LogP contribution >= 0.6 is 0 Å². The molecule has 0 spiro atoms. The summed E-state index contributed by atoms with van der Waals surface area (Å²) in [4.78, 5) is 22.7. The van der Waals surface area contributed by atoms with Crippen molar-refractivity contribution in [1.29, 1.82) is 0 Å². The number of rotatable bonds is 6. The van der Waals surface area contributed by atoms with Crippen LogP contribution in [-0.2, 0) is 11.3 Å². The molecule has 0 aromatic heterocycles. The molecular weight excluding hydrogens is 294 g/mol. The second-order valence-electron chi connectivity index (χ2n) is 4.83. The topological polar surface area (TPSA) is 75.6 Å². The van der Waals surface area contributed by atoms with Crippen molar-refractivity contribution in [3.8, 4) is 5.75 Å². The Hall–Kier alpha value is -3.08. The third-order valence-corrected chi connectivity index (χ3v) is 3.18. The largest absolute Gasteiger partial charge is 0.497 e. The van der Waals surface area contributed by atoms with Crippen molar-refractivity contribution in [2.45, 2.75) is 6.54 Å². The zero-order valence-corrected chi connectivity index (χ0v) is 12.7. The van der Waals surface area contributed by atoms with E-state index < -0.39 is 5.97 Å². The van der Waals surface area contributed by atoms with Gasteiger partial charge in [-0.15, -0.1) is 0 Å². The number of amides is 1. The molecule has 118 valence electrons. The number of benzene rings is 2. The minimum Gasteiger partial charge on any atom is -0.497 e. The summed E-state index contributed by atoms with van der Waals surface area (Å²) in [6.45, 7) is 0.271. The van der Waals surface area contributed by atoms with E-state index in [9.17, 15) is 9.59 Å². The van der Waals surface area contributed by atoms with Crippen LogP contribution in [0.5, 0.6) is 5.75 Å². The van der Waals surface area contributed by atoms with E-state index in [1.807, 2.05) is 24.3 Å². The van der Waals surface area contributed by atoms with Gasteiger partial charge in [0.15, 0.2) is 0 Å². The lowest BCUT2D eigenvalue weighted by Gasteiger charge is -2.04. The van der Waals surface area contributed by atoms with Crippen molar-refractivity contribution in [2.75, 3.05) is 7.11 Å². The van der Waals surface area contributed by atoms with Crippen molar-refractivity contribution < 1.29 is 19.4 Å². The summed E-state index contributed by atoms with van der Waals surface area (Å²) in [5, 5.41) is 11.6. The van der Waals surface area contributed by atoms with Crippen molar-refractivity contribution >= 4 is 18.0 Å². The fraction of sp³-hybridized carbons (Fsp3) is 0.111. The molecule has 2 aromatic rings. The molecule has 2 N–H and O–H groups in total. The number of nitrogens with one attached hydrogen (secondary N) is 1. The highest BCUT2D eigenvalue weighted by Gasteiger charge is 2.03. The smallest absolute Gasteiger partial charge is 0.335 e. The van der Waals surface area contributed by atoms with Crippen LogP contribution in [0.25, 0.3) is 6.08 Å². The molecule has 0 bridgehead atoms. The maximum Gasteiger partial charge on any atom is 0.335 e. The van der Waals surface area contributed by atoms with Crippen LogP contribution in [-0.4, -0.2) is 24.1 Å². The fourth-order valence-electron chi connectivity index (χ4n) is 1.95. The van der Waals surface area contributed by atoms with E-state index in [4.69, 9.17) is 9.84 Å². The van der Waals surface area contributed by atoms with Crippen molar-refractivity contribution in [1.82, 2.24) is 5.32 Å². The Bertz CT molecular complexity index is 720. The Balaban J connectivity index is 1.90. The Labute approximate surface area is 134 Å². The Morgan fingerprint density at radius 2 is 1.91 bits per heavy atom. The van der Waals surface area contributed by atoms with Crippen LogP contribution in [0.4, 0.5) is 0 Å². The van der Waals surface area contributed by atoms with Crippen LogP contribution in [0.15, 0.2) is 54.6 Å². The number of hydrogen-bond donors (Lipinski definition) is 2. The summed E-state index contributed by atoms with van der Waals surface area (Å²) >= 11 is 0. The molecule has 0 aliphatic rings. The van der Waals surface area contributed by atoms with E-state index in [2.05, 4.69) is 5.32 Å². The monoisotopic (exact) mass is 311 g/mol. The van der Waals surface area contributed by atoms with Crippen molar-refractivity contribution in [3.63, 3.8) is 0 Å². The minimum absolute atomic E-state index is 0.200. The summed E-state index contributed by atoms with van der Waals surface area (Å²) in [5.41, 5.74) is 1.82.